The van der Waals surface area contributed by atoms with Gasteiger partial charge in [0.05, 0.1) is 31.9 Å². The average molecular weight is 478 g/mol. The van der Waals surface area contributed by atoms with Crippen molar-refractivity contribution in [3.05, 3.63) is 65.0 Å². The van der Waals surface area contributed by atoms with E-state index in [4.69, 9.17) is 24.1 Å². The van der Waals surface area contributed by atoms with Gasteiger partial charge < -0.3 is 19.3 Å². The van der Waals surface area contributed by atoms with Crippen LogP contribution >= 0.6 is 0 Å². The van der Waals surface area contributed by atoms with E-state index in [9.17, 15) is 4.39 Å². The van der Waals surface area contributed by atoms with Crippen LogP contribution in [0.3, 0.4) is 0 Å². The summed E-state index contributed by atoms with van der Waals surface area (Å²) in [5.41, 5.74) is 6.09. The molecule has 1 N–H and O–H groups in total. The smallest absolute Gasteiger partial charge is 0.290 e. The second-order valence-electron chi connectivity index (χ2n) is 8.30. The number of aryl methyl sites for hydroxylation is 2. The molecule has 3 aromatic heterocycles. The Hall–Kier alpha value is -4.21. The van der Waals surface area contributed by atoms with Gasteiger partial charge in [0.2, 0.25) is 5.88 Å². The van der Waals surface area contributed by atoms with E-state index in [0.29, 0.717) is 43.1 Å². The fourth-order valence-electron chi connectivity index (χ4n) is 4.79. The van der Waals surface area contributed by atoms with Crippen LogP contribution in [0.4, 0.5) is 4.39 Å². The van der Waals surface area contributed by atoms with Gasteiger partial charge in [-0.15, -0.1) is 10.2 Å². The number of halogens is 1. The molecule has 5 heterocycles. The quantitative estimate of drug-likeness (QED) is 0.436. The van der Waals surface area contributed by atoms with E-state index in [1.807, 2.05) is 23.5 Å². The summed E-state index contributed by atoms with van der Waals surface area (Å²) in [6.07, 6.45) is 4.60. The predicted molar refractivity (Wildman–Crippen MR) is 124 cm³/mol. The molecule has 0 saturated heterocycles. The molecule has 180 valence electrons. The molecule has 10 heteroatoms. The normalized spacial score (nSPS) is 15.8. The first-order valence-corrected chi connectivity index (χ1v) is 11.1. The van der Waals surface area contributed by atoms with Gasteiger partial charge in [-0.1, -0.05) is 0 Å². The molecule has 6 rings (SSSR count). The Morgan fingerprint density at radius 1 is 1.17 bits per heavy atom. The van der Waals surface area contributed by atoms with E-state index >= 15 is 0 Å². The summed E-state index contributed by atoms with van der Waals surface area (Å²) in [6.45, 7) is 2.65. The van der Waals surface area contributed by atoms with Gasteiger partial charge in [0.1, 0.15) is 23.6 Å². The predicted octanol–water partition coefficient (Wildman–Crippen LogP) is 3.60. The number of pyridine rings is 2. The van der Waals surface area contributed by atoms with E-state index in [0.717, 1.165) is 39.4 Å². The van der Waals surface area contributed by atoms with Crippen molar-refractivity contribution in [2.24, 2.45) is 0 Å². The van der Waals surface area contributed by atoms with Crippen LogP contribution in [-0.4, -0.2) is 51.5 Å². The van der Waals surface area contributed by atoms with Crippen LogP contribution < -0.4 is 14.2 Å². The molecule has 0 amide bonds. The van der Waals surface area contributed by atoms with Crippen LogP contribution in [0, 0.1) is 12.7 Å². The Balaban J connectivity index is 0.000000806. The maximum Gasteiger partial charge on any atom is 0.290 e. The molecule has 0 aliphatic carbocycles. The average Bonchev–Trinajstić information content (AvgIpc) is 3.51. The molecule has 9 nitrogen and oxygen atoms in total. The molecule has 35 heavy (non-hydrogen) atoms. The molecular formula is C25H23FN4O5. The van der Waals surface area contributed by atoms with Crippen molar-refractivity contribution in [2.45, 2.75) is 25.7 Å². The number of hydrogen-bond donors (Lipinski definition) is 1. The molecule has 4 aromatic rings. The number of fused-ring (bicyclic) bond motifs is 3. The Kier molecular flexibility index (Phi) is 5.94. The minimum atomic E-state index is -0.250. The van der Waals surface area contributed by atoms with E-state index in [1.54, 1.807) is 25.7 Å². The minimum Gasteiger partial charge on any atom is -0.493 e. The third-order valence-corrected chi connectivity index (χ3v) is 6.38. The Bertz CT molecular complexity index is 1420. The number of nitrogens with zero attached hydrogens (tertiary/aromatic N) is 4. The maximum absolute atomic E-state index is 14.8. The molecule has 0 spiro atoms. The molecular weight excluding hydrogens is 455 g/mol. The highest BCUT2D eigenvalue weighted by molar-refractivity contribution is 5.81. The Labute approximate surface area is 200 Å². The van der Waals surface area contributed by atoms with Crippen molar-refractivity contribution in [1.29, 1.82) is 0 Å². The fourth-order valence-corrected chi connectivity index (χ4v) is 4.79. The number of ether oxygens (including phenoxy) is 3. The summed E-state index contributed by atoms with van der Waals surface area (Å²) in [5, 5.41) is 15.4. The SMILES string of the molecule is COc1cc(C)c(-c2cc3c(n4cnnc24)CCc2c(F)ccc4c2[C@H](CO4)CO3)cn1.O=CO. The summed E-state index contributed by atoms with van der Waals surface area (Å²) >= 11 is 0. The van der Waals surface area contributed by atoms with Gasteiger partial charge in [0.15, 0.2) is 5.65 Å². The van der Waals surface area contributed by atoms with Crippen LogP contribution in [0.25, 0.3) is 16.8 Å². The Morgan fingerprint density at radius 2 is 1.94 bits per heavy atom. The molecule has 1 atom stereocenters. The summed E-state index contributed by atoms with van der Waals surface area (Å²) in [7, 11) is 1.60. The van der Waals surface area contributed by atoms with Gasteiger partial charge in [0, 0.05) is 29.0 Å². The zero-order chi connectivity index (χ0) is 24.5. The van der Waals surface area contributed by atoms with Crippen molar-refractivity contribution in [3.63, 3.8) is 0 Å². The first-order valence-electron chi connectivity index (χ1n) is 11.1. The van der Waals surface area contributed by atoms with E-state index in [-0.39, 0.29) is 18.2 Å². The standard InChI is InChI=1S/C24H21FN4O3.CH2O2/c1-13-7-22(30-2)26-9-17(13)16-8-21-19(29-12-27-28-24(16)29)5-3-15-18(25)4-6-20-23(15)14(10-31-20)11-32-21;2-1-3/h4,6-9,12,14H,3,5,10-11H2,1-2H3;1H,(H,2,3)/t14-;/m1./s1. The number of aromatic nitrogens is 4. The second kappa shape index (κ2) is 9.21. The topological polar surface area (TPSA) is 108 Å². The monoisotopic (exact) mass is 478 g/mol. The van der Waals surface area contributed by atoms with Crippen LogP contribution in [0.5, 0.6) is 17.4 Å². The summed E-state index contributed by atoms with van der Waals surface area (Å²) in [5.74, 6) is 1.85. The van der Waals surface area contributed by atoms with Gasteiger partial charge in [-0.2, -0.15) is 0 Å². The zero-order valence-electron chi connectivity index (χ0n) is 19.2. The number of carbonyl (C=O) groups is 1. The third kappa shape index (κ3) is 3.90. The minimum absolute atomic E-state index is 0.00824. The van der Waals surface area contributed by atoms with Crippen molar-refractivity contribution < 1.29 is 28.5 Å². The lowest BCUT2D eigenvalue weighted by molar-refractivity contribution is -0.122. The lowest BCUT2D eigenvalue weighted by atomic mass is 9.93. The van der Waals surface area contributed by atoms with Crippen molar-refractivity contribution in [2.75, 3.05) is 20.3 Å². The number of methoxy groups -OCH3 is 1. The third-order valence-electron chi connectivity index (χ3n) is 6.38. The summed E-state index contributed by atoms with van der Waals surface area (Å²) in [6, 6.07) is 7.10. The number of rotatable bonds is 2. The molecule has 1 aromatic carbocycles. The maximum atomic E-state index is 14.8. The van der Waals surface area contributed by atoms with Crippen LogP contribution in [0.2, 0.25) is 0 Å². The van der Waals surface area contributed by atoms with Crippen molar-refractivity contribution in [1.82, 2.24) is 19.6 Å². The van der Waals surface area contributed by atoms with E-state index < -0.39 is 0 Å². The number of carboxylic acid groups (broad SMARTS) is 1. The second-order valence-corrected chi connectivity index (χ2v) is 8.30. The largest absolute Gasteiger partial charge is 0.493 e. The van der Waals surface area contributed by atoms with E-state index in [2.05, 4.69) is 15.2 Å². The molecule has 0 unspecified atom stereocenters. The molecule has 0 bridgehead atoms. The van der Waals surface area contributed by atoms with Crippen LogP contribution in [0.1, 0.15) is 28.3 Å². The fraction of sp³-hybridized carbons (Fsp3) is 0.280. The van der Waals surface area contributed by atoms with Gasteiger partial charge in [-0.3, -0.25) is 9.20 Å². The number of hydrogen-bond acceptors (Lipinski definition) is 7. The van der Waals surface area contributed by atoms with Crippen LogP contribution in [-0.2, 0) is 17.6 Å². The highest BCUT2D eigenvalue weighted by atomic mass is 19.1. The number of benzene rings is 1. The lowest BCUT2D eigenvalue weighted by Crippen LogP contribution is -2.13. The van der Waals surface area contributed by atoms with Gasteiger partial charge in [0.25, 0.3) is 6.47 Å². The van der Waals surface area contributed by atoms with Gasteiger partial charge >= 0.3 is 0 Å². The summed E-state index contributed by atoms with van der Waals surface area (Å²) in [4.78, 5) is 12.7. The van der Waals surface area contributed by atoms with Gasteiger partial charge in [-0.05, 0) is 49.1 Å². The molecule has 0 saturated carbocycles. The molecule has 2 aliphatic heterocycles. The highest BCUT2D eigenvalue weighted by Crippen LogP contribution is 2.41. The zero-order valence-corrected chi connectivity index (χ0v) is 19.2. The first kappa shape index (κ1) is 22.6. The van der Waals surface area contributed by atoms with Crippen molar-refractivity contribution in [3.8, 4) is 28.5 Å². The molecule has 0 fully saturated rings. The first-order chi connectivity index (χ1) is 17.0. The molecule has 2 aliphatic rings. The molecule has 0 radical (unpaired) electrons. The summed E-state index contributed by atoms with van der Waals surface area (Å²) < 4.78 is 34.1. The van der Waals surface area contributed by atoms with Crippen LogP contribution in [0.15, 0.2) is 36.8 Å². The van der Waals surface area contributed by atoms with E-state index in [1.165, 1.54) is 6.07 Å². The lowest BCUT2D eigenvalue weighted by Gasteiger charge is -2.17. The highest BCUT2D eigenvalue weighted by Gasteiger charge is 2.31. The Morgan fingerprint density at radius 3 is 2.69 bits per heavy atom. The van der Waals surface area contributed by atoms with Crippen molar-refractivity contribution >= 4 is 12.1 Å². The van der Waals surface area contributed by atoms with Gasteiger partial charge in [-0.25, -0.2) is 9.37 Å².